The van der Waals surface area contributed by atoms with Crippen molar-refractivity contribution in [3.63, 3.8) is 0 Å². The summed E-state index contributed by atoms with van der Waals surface area (Å²) in [5.74, 6) is -2.21. The first-order valence-corrected chi connectivity index (χ1v) is 7.70. The van der Waals surface area contributed by atoms with Crippen LogP contribution in [0.4, 0.5) is 0 Å². The van der Waals surface area contributed by atoms with E-state index in [0.29, 0.717) is 6.42 Å². The summed E-state index contributed by atoms with van der Waals surface area (Å²) in [6.45, 7) is 5.87. The molecule has 0 aliphatic rings. The van der Waals surface area contributed by atoms with E-state index in [1.165, 1.54) is 0 Å². The van der Waals surface area contributed by atoms with E-state index in [4.69, 9.17) is 9.47 Å². The van der Waals surface area contributed by atoms with E-state index in [9.17, 15) is 9.59 Å². The Morgan fingerprint density at radius 1 is 1.00 bits per heavy atom. The molecule has 0 aromatic heterocycles. The van der Waals surface area contributed by atoms with Gasteiger partial charge in [-0.1, -0.05) is 49.4 Å². The minimum Gasteiger partial charge on any atom is -0.465 e. The lowest BCUT2D eigenvalue weighted by molar-refractivity contribution is -0.163. The molecule has 0 amide bonds. The second kappa shape index (κ2) is 9.77. The maximum atomic E-state index is 12.1. The third-order valence-electron chi connectivity index (χ3n) is 3.32. The van der Waals surface area contributed by atoms with Gasteiger partial charge in [-0.15, -0.1) is 0 Å². The molecular weight excluding hydrogens is 280 g/mol. The molecular formula is C18H24O4. The van der Waals surface area contributed by atoms with Gasteiger partial charge in [0.1, 0.15) is 0 Å². The lowest BCUT2D eigenvalue weighted by Gasteiger charge is -2.20. The van der Waals surface area contributed by atoms with E-state index < -0.39 is 17.9 Å². The van der Waals surface area contributed by atoms with Gasteiger partial charge in [0.15, 0.2) is 5.92 Å². The molecule has 1 rings (SSSR count). The van der Waals surface area contributed by atoms with Crippen molar-refractivity contribution in [2.75, 3.05) is 13.2 Å². The van der Waals surface area contributed by atoms with Gasteiger partial charge in [0, 0.05) is 5.92 Å². The summed E-state index contributed by atoms with van der Waals surface area (Å²) in [6, 6.07) is 9.75. The second-order valence-electron chi connectivity index (χ2n) is 4.82. The molecule has 0 aliphatic carbocycles. The molecule has 120 valence electrons. The third kappa shape index (κ3) is 5.35. The number of hydrogen-bond donors (Lipinski definition) is 0. The van der Waals surface area contributed by atoms with Crippen LogP contribution in [0.25, 0.3) is 6.08 Å². The van der Waals surface area contributed by atoms with Gasteiger partial charge in [-0.05, 0) is 25.8 Å². The standard InChI is InChI=1S/C18H24O4/c1-4-15(13-12-14-10-8-7-9-11-14)16(17(19)21-5-2)18(20)22-6-3/h7-13,15-16H,4-6H2,1-3H3/b13-12+. The number of allylic oxidation sites excluding steroid dienone is 1. The van der Waals surface area contributed by atoms with E-state index in [1.807, 2.05) is 49.4 Å². The smallest absolute Gasteiger partial charge is 0.320 e. The highest BCUT2D eigenvalue weighted by molar-refractivity contribution is 5.95. The molecule has 0 bridgehead atoms. The maximum absolute atomic E-state index is 12.1. The lowest BCUT2D eigenvalue weighted by Crippen LogP contribution is -2.33. The van der Waals surface area contributed by atoms with E-state index in [0.717, 1.165) is 5.56 Å². The predicted octanol–water partition coefficient (Wildman–Crippen LogP) is 3.47. The molecule has 0 fully saturated rings. The van der Waals surface area contributed by atoms with Crippen LogP contribution in [-0.2, 0) is 19.1 Å². The number of hydrogen-bond acceptors (Lipinski definition) is 4. The summed E-state index contributed by atoms with van der Waals surface area (Å²) in [4.78, 5) is 24.2. The van der Waals surface area contributed by atoms with Crippen molar-refractivity contribution in [1.82, 2.24) is 0 Å². The molecule has 4 nitrogen and oxygen atoms in total. The Hall–Kier alpha value is -2.10. The van der Waals surface area contributed by atoms with Crippen molar-refractivity contribution < 1.29 is 19.1 Å². The number of esters is 2. The van der Waals surface area contributed by atoms with Gasteiger partial charge < -0.3 is 9.47 Å². The van der Waals surface area contributed by atoms with Crippen molar-refractivity contribution in [1.29, 1.82) is 0 Å². The average Bonchev–Trinajstić information content (AvgIpc) is 2.52. The molecule has 0 saturated heterocycles. The van der Waals surface area contributed by atoms with Crippen LogP contribution in [0.15, 0.2) is 36.4 Å². The fraction of sp³-hybridized carbons (Fsp3) is 0.444. The number of carbonyl (C=O) groups excluding carboxylic acids is 2. The van der Waals surface area contributed by atoms with Crippen molar-refractivity contribution in [3.05, 3.63) is 42.0 Å². The molecule has 0 aliphatic heterocycles. The summed E-state index contributed by atoms with van der Waals surface area (Å²) < 4.78 is 10.1. The van der Waals surface area contributed by atoms with E-state index >= 15 is 0 Å². The molecule has 0 N–H and O–H groups in total. The first-order valence-electron chi connectivity index (χ1n) is 7.70. The highest BCUT2D eigenvalue weighted by Crippen LogP contribution is 2.22. The van der Waals surface area contributed by atoms with Crippen molar-refractivity contribution in [3.8, 4) is 0 Å². The number of benzene rings is 1. The molecule has 1 unspecified atom stereocenters. The Bertz CT molecular complexity index is 475. The Morgan fingerprint density at radius 2 is 1.55 bits per heavy atom. The zero-order chi connectivity index (χ0) is 16.4. The van der Waals surface area contributed by atoms with Gasteiger partial charge >= 0.3 is 11.9 Å². The third-order valence-corrected chi connectivity index (χ3v) is 3.32. The number of ether oxygens (including phenoxy) is 2. The summed E-state index contributed by atoms with van der Waals surface area (Å²) in [5.41, 5.74) is 1.02. The molecule has 0 radical (unpaired) electrons. The normalized spacial score (nSPS) is 12.4. The summed E-state index contributed by atoms with van der Waals surface area (Å²) in [5, 5.41) is 0. The lowest BCUT2D eigenvalue weighted by atomic mass is 9.89. The quantitative estimate of drug-likeness (QED) is 0.545. The Balaban J connectivity index is 2.94. The SMILES string of the molecule is CCOC(=O)C(C(=O)OCC)C(/C=C/c1ccccc1)CC. The highest BCUT2D eigenvalue weighted by atomic mass is 16.6. The Labute approximate surface area is 132 Å². The first-order chi connectivity index (χ1) is 10.6. The van der Waals surface area contributed by atoms with Crippen LogP contribution < -0.4 is 0 Å². The van der Waals surface area contributed by atoms with Gasteiger partial charge in [0.05, 0.1) is 13.2 Å². The van der Waals surface area contributed by atoms with Crippen LogP contribution >= 0.6 is 0 Å². The molecule has 0 spiro atoms. The van der Waals surface area contributed by atoms with Crippen LogP contribution in [0, 0.1) is 11.8 Å². The molecule has 4 heteroatoms. The average molecular weight is 304 g/mol. The molecule has 22 heavy (non-hydrogen) atoms. The van der Waals surface area contributed by atoms with Crippen LogP contribution in [0.3, 0.4) is 0 Å². The largest absolute Gasteiger partial charge is 0.465 e. The molecule has 1 aromatic rings. The van der Waals surface area contributed by atoms with Crippen molar-refractivity contribution >= 4 is 18.0 Å². The Kier molecular flexibility index (Phi) is 7.97. The van der Waals surface area contributed by atoms with Crippen LogP contribution in [-0.4, -0.2) is 25.2 Å². The maximum Gasteiger partial charge on any atom is 0.320 e. The highest BCUT2D eigenvalue weighted by Gasteiger charge is 2.35. The molecule has 0 saturated carbocycles. The van der Waals surface area contributed by atoms with Crippen LogP contribution in [0.2, 0.25) is 0 Å². The fourth-order valence-corrected chi connectivity index (χ4v) is 2.19. The molecule has 1 aromatic carbocycles. The minimum atomic E-state index is -0.912. The zero-order valence-corrected chi connectivity index (χ0v) is 13.5. The van der Waals surface area contributed by atoms with Crippen molar-refractivity contribution in [2.24, 2.45) is 11.8 Å². The molecule has 1 atom stereocenters. The van der Waals surface area contributed by atoms with Gasteiger partial charge in [0.2, 0.25) is 0 Å². The van der Waals surface area contributed by atoms with Crippen molar-refractivity contribution in [2.45, 2.75) is 27.2 Å². The van der Waals surface area contributed by atoms with Gasteiger partial charge in [-0.2, -0.15) is 0 Å². The predicted molar refractivity (Wildman–Crippen MR) is 86.0 cm³/mol. The van der Waals surface area contributed by atoms with Gasteiger partial charge in [0.25, 0.3) is 0 Å². The monoisotopic (exact) mass is 304 g/mol. The zero-order valence-electron chi connectivity index (χ0n) is 13.5. The Morgan fingerprint density at radius 3 is 2.00 bits per heavy atom. The van der Waals surface area contributed by atoms with E-state index in [2.05, 4.69) is 0 Å². The topological polar surface area (TPSA) is 52.6 Å². The second-order valence-corrected chi connectivity index (χ2v) is 4.82. The fourth-order valence-electron chi connectivity index (χ4n) is 2.19. The van der Waals surface area contributed by atoms with E-state index in [-0.39, 0.29) is 19.1 Å². The van der Waals surface area contributed by atoms with Crippen LogP contribution in [0.1, 0.15) is 32.8 Å². The van der Waals surface area contributed by atoms with E-state index in [1.54, 1.807) is 13.8 Å². The van der Waals surface area contributed by atoms with Crippen LogP contribution in [0.5, 0.6) is 0 Å². The number of carbonyl (C=O) groups is 2. The molecule has 0 heterocycles. The summed E-state index contributed by atoms with van der Waals surface area (Å²) >= 11 is 0. The minimum absolute atomic E-state index is 0.244. The summed E-state index contributed by atoms with van der Waals surface area (Å²) in [7, 11) is 0. The number of rotatable bonds is 8. The summed E-state index contributed by atoms with van der Waals surface area (Å²) in [6.07, 6.45) is 4.44. The van der Waals surface area contributed by atoms with Gasteiger partial charge in [-0.3, -0.25) is 9.59 Å². The van der Waals surface area contributed by atoms with Gasteiger partial charge in [-0.25, -0.2) is 0 Å². The first kappa shape index (κ1) is 18.0.